The topological polar surface area (TPSA) is 84.0 Å². The van der Waals surface area contributed by atoms with Crippen LogP contribution in [0.15, 0.2) is 42.5 Å². The number of hydrogen-bond donors (Lipinski definition) is 2. The van der Waals surface area contributed by atoms with E-state index >= 15 is 0 Å². The average molecular weight is 411 g/mol. The Kier molecular flexibility index (Phi) is 5.31. The molecule has 2 amide bonds. The number of fused-ring (bicyclic) bond motifs is 2. The summed E-state index contributed by atoms with van der Waals surface area (Å²) in [5.74, 6) is -0.173. The third-order valence-electron chi connectivity index (χ3n) is 4.09. The highest BCUT2D eigenvalue weighted by Crippen LogP contribution is 2.28. The second-order valence-electron chi connectivity index (χ2n) is 6.36. The van der Waals surface area contributed by atoms with Crippen LogP contribution in [-0.4, -0.2) is 21.8 Å². The van der Waals surface area contributed by atoms with Gasteiger partial charge in [-0.25, -0.2) is 9.97 Å². The number of aromatic nitrogens is 2. The first-order valence-electron chi connectivity index (χ1n) is 8.89. The summed E-state index contributed by atoms with van der Waals surface area (Å²) >= 11 is 3.07. The molecular formula is C20H18N4O2S2. The second-order valence-corrected chi connectivity index (χ2v) is 8.51. The molecule has 0 atom stereocenters. The van der Waals surface area contributed by atoms with Gasteiger partial charge in [-0.15, -0.1) is 11.3 Å². The first kappa shape index (κ1) is 18.5. The highest BCUT2D eigenvalue weighted by atomic mass is 32.1. The number of benzene rings is 2. The number of thiazole rings is 2. The molecule has 4 rings (SSSR count). The summed E-state index contributed by atoms with van der Waals surface area (Å²) in [5, 5.41) is 7.24. The lowest BCUT2D eigenvalue weighted by atomic mass is 10.2. The maximum Gasteiger partial charge on any atom is 0.226 e. The first-order chi connectivity index (χ1) is 13.6. The molecule has 8 heteroatoms. The van der Waals surface area contributed by atoms with Gasteiger partial charge in [0.1, 0.15) is 0 Å². The Morgan fingerprint density at radius 2 is 1.79 bits per heavy atom. The number of carbonyl (C=O) groups is 2. The van der Waals surface area contributed by atoms with Gasteiger partial charge in [-0.3, -0.25) is 9.59 Å². The Morgan fingerprint density at radius 1 is 0.964 bits per heavy atom. The van der Waals surface area contributed by atoms with Crippen molar-refractivity contribution in [2.45, 2.75) is 26.2 Å². The van der Waals surface area contributed by atoms with Crippen molar-refractivity contribution >= 4 is 65.7 Å². The number of carbonyl (C=O) groups excluding carboxylic acids is 2. The van der Waals surface area contributed by atoms with E-state index in [9.17, 15) is 9.59 Å². The minimum atomic E-state index is -0.120. The average Bonchev–Trinajstić information content (AvgIpc) is 3.23. The van der Waals surface area contributed by atoms with Gasteiger partial charge in [-0.2, -0.15) is 0 Å². The van der Waals surface area contributed by atoms with Crippen LogP contribution in [0.25, 0.3) is 20.4 Å². The van der Waals surface area contributed by atoms with Crippen LogP contribution in [0.3, 0.4) is 0 Å². The van der Waals surface area contributed by atoms with E-state index in [1.807, 2.05) is 30.3 Å². The number of aryl methyl sites for hydroxylation is 1. The van der Waals surface area contributed by atoms with Crippen LogP contribution in [0.4, 0.5) is 10.8 Å². The minimum absolute atomic E-state index is 0.0535. The number of nitrogens with one attached hydrogen (secondary N) is 2. The van der Waals surface area contributed by atoms with E-state index in [1.165, 1.54) is 23.0 Å². The predicted molar refractivity (Wildman–Crippen MR) is 115 cm³/mol. The van der Waals surface area contributed by atoms with Crippen LogP contribution < -0.4 is 10.6 Å². The Balaban J connectivity index is 1.33. The predicted octanol–water partition coefficient (Wildman–Crippen LogP) is 4.83. The smallest absolute Gasteiger partial charge is 0.226 e. The zero-order valence-electron chi connectivity index (χ0n) is 15.2. The molecule has 6 nitrogen and oxygen atoms in total. The van der Waals surface area contributed by atoms with Gasteiger partial charge in [0.2, 0.25) is 11.8 Å². The fraction of sp³-hybridized carbons (Fsp3) is 0.200. The molecule has 0 radical (unpaired) electrons. The SMILES string of the molecule is CC(=O)Nc1ccc2nc(NC(=O)CCCc3nc4ccccc4s3)sc2c1. The van der Waals surface area contributed by atoms with E-state index in [0.29, 0.717) is 11.6 Å². The number of amides is 2. The van der Waals surface area contributed by atoms with Crippen molar-refractivity contribution < 1.29 is 9.59 Å². The highest BCUT2D eigenvalue weighted by molar-refractivity contribution is 7.22. The zero-order chi connectivity index (χ0) is 19.5. The molecule has 0 spiro atoms. The largest absolute Gasteiger partial charge is 0.326 e. The molecule has 0 saturated carbocycles. The Hall–Kier alpha value is -2.84. The van der Waals surface area contributed by atoms with Crippen LogP contribution in [0.1, 0.15) is 24.8 Å². The van der Waals surface area contributed by atoms with Crippen molar-refractivity contribution in [2.24, 2.45) is 0 Å². The molecule has 0 unspecified atom stereocenters. The number of anilines is 2. The van der Waals surface area contributed by atoms with Crippen LogP contribution in [0.5, 0.6) is 0 Å². The monoisotopic (exact) mass is 410 g/mol. The lowest BCUT2D eigenvalue weighted by Crippen LogP contribution is -2.11. The Morgan fingerprint density at radius 3 is 2.61 bits per heavy atom. The molecule has 0 aliphatic carbocycles. The Bertz CT molecular complexity index is 1130. The van der Waals surface area contributed by atoms with Gasteiger partial charge in [-0.05, 0) is 43.2 Å². The second kappa shape index (κ2) is 8.04. The summed E-state index contributed by atoms with van der Waals surface area (Å²) < 4.78 is 2.09. The molecule has 2 heterocycles. The summed E-state index contributed by atoms with van der Waals surface area (Å²) in [7, 11) is 0. The van der Waals surface area contributed by atoms with Gasteiger partial charge >= 0.3 is 0 Å². The summed E-state index contributed by atoms with van der Waals surface area (Å²) in [5.41, 5.74) is 2.53. The van der Waals surface area contributed by atoms with Gasteiger partial charge in [0, 0.05) is 19.0 Å². The van der Waals surface area contributed by atoms with Crippen LogP contribution >= 0.6 is 22.7 Å². The maximum absolute atomic E-state index is 12.2. The molecule has 2 N–H and O–H groups in total. The van der Waals surface area contributed by atoms with Crippen molar-refractivity contribution in [3.05, 3.63) is 47.5 Å². The van der Waals surface area contributed by atoms with E-state index < -0.39 is 0 Å². The van der Waals surface area contributed by atoms with Crippen molar-refractivity contribution in [3.8, 4) is 0 Å². The molecule has 2 aromatic heterocycles. The summed E-state index contributed by atoms with van der Waals surface area (Å²) in [6, 6.07) is 13.6. The molecule has 0 fully saturated rings. The first-order valence-corrected chi connectivity index (χ1v) is 10.5. The van der Waals surface area contributed by atoms with Gasteiger partial charge in [0.15, 0.2) is 5.13 Å². The lowest BCUT2D eigenvalue weighted by molar-refractivity contribution is -0.116. The molecule has 0 aliphatic rings. The van der Waals surface area contributed by atoms with Gasteiger partial charge in [0.05, 0.1) is 25.4 Å². The minimum Gasteiger partial charge on any atom is -0.326 e. The van der Waals surface area contributed by atoms with E-state index in [0.717, 1.165) is 39.3 Å². The van der Waals surface area contributed by atoms with Crippen molar-refractivity contribution in [2.75, 3.05) is 10.6 Å². The van der Waals surface area contributed by atoms with Gasteiger partial charge in [-0.1, -0.05) is 23.5 Å². The molecule has 0 aliphatic heterocycles. The van der Waals surface area contributed by atoms with E-state index in [-0.39, 0.29) is 11.8 Å². The van der Waals surface area contributed by atoms with Crippen molar-refractivity contribution in [1.29, 1.82) is 0 Å². The number of para-hydroxylation sites is 1. The summed E-state index contributed by atoms with van der Waals surface area (Å²) in [6.07, 6.45) is 1.94. The number of rotatable bonds is 6. The zero-order valence-corrected chi connectivity index (χ0v) is 16.8. The third-order valence-corrected chi connectivity index (χ3v) is 6.12. The van der Waals surface area contributed by atoms with Crippen molar-refractivity contribution in [3.63, 3.8) is 0 Å². The molecule has 142 valence electrons. The highest BCUT2D eigenvalue weighted by Gasteiger charge is 2.10. The molecule has 0 bridgehead atoms. The van der Waals surface area contributed by atoms with Crippen LogP contribution in [0, 0.1) is 0 Å². The number of nitrogens with zero attached hydrogens (tertiary/aromatic N) is 2. The van der Waals surface area contributed by atoms with Gasteiger partial charge in [0.25, 0.3) is 0 Å². The Labute approximate surface area is 169 Å². The molecular weight excluding hydrogens is 392 g/mol. The summed E-state index contributed by atoms with van der Waals surface area (Å²) in [6.45, 7) is 1.47. The molecule has 0 saturated heterocycles. The number of hydrogen-bond acceptors (Lipinski definition) is 6. The van der Waals surface area contributed by atoms with E-state index in [2.05, 4.69) is 26.7 Å². The van der Waals surface area contributed by atoms with Crippen molar-refractivity contribution in [1.82, 2.24) is 9.97 Å². The normalized spacial score (nSPS) is 11.0. The third kappa shape index (κ3) is 4.35. The van der Waals surface area contributed by atoms with Crippen LogP contribution in [-0.2, 0) is 16.0 Å². The quantitative estimate of drug-likeness (QED) is 0.477. The molecule has 28 heavy (non-hydrogen) atoms. The lowest BCUT2D eigenvalue weighted by Gasteiger charge is -2.00. The molecule has 4 aromatic rings. The van der Waals surface area contributed by atoms with Crippen LogP contribution in [0.2, 0.25) is 0 Å². The van der Waals surface area contributed by atoms with Gasteiger partial charge < -0.3 is 10.6 Å². The standard InChI is InChI=1S/C20H18N4O2S2/c1-12(25)21-13-9-10-15-17(11-13)28-20(23-15)24-18(26)7-4-8-19-22-14-5-2-3-6-16(14)27-19/h2-3,5-6,9-11H,4,7-8H2,1H3,(H,21,25)(H,23,24,26). The van der Waals surface area contributed by atoms with E-state index in [1.54, 1.807) is 17.4 Å². The fourth-order valence-electron chi connectivity index (χ4n) is 2.87. The summed E-state index contributed by atoms with van der Waals surface area (Å²) in [4.78, 5) is 32.4. The molecule has 2 aromatic carbocycles. The fourth-order valence-corrected chi connectivity index (χ4v) is 4.80. The van der Waals surface area contributed by atoms with E-state index in [4.69, 9.17) is 0 Å². The maximum atomic E-state index is 12.2.